The zero-order chi connectivity index (χ0) is 13.1. The van der Waals surface area contributed by atoms with E-state index in [4.69, 9.17) is 5.11 Å². The van der Waals surface area contributed by atoms with E-state index in [-0.39, 0.29) is 12.0 Å². The van der Waals surface area contributed by atoms with E-state index in [9.17, 15) is 9.59 Å². The summed E-state index contributed by atoms with van der Waals surface area (Å²) in [6.45, 7) is 2.03. The van der Waals surface area contributed by atoms with Gasteiger partial charge in [0.25, 0.3) is 5.56 Å². The normalized spacial score (nSPS) is 10.9. The van der Waals surface area contributed by atoms with E-state index in [0.717, 1.165) is 11.3 Å². The van der Waals surface area contributed by atoms with Crippen molar-refractivity contribution < 1.29 is 9.90 Å². The number of aromatic nitrogens is 2. The molecule has 96 valence electrons. The molecule has 18 heavy (non-hydrogen) atoms. The highest BCUT2D eigenvalue weighted by Gasteiger charge is 2.08. The van der Waals surface area contributed by atoms with Crippen LogP contribution in [-0.4, -0.2) is 26.8 Å². The smallest absolute Gasteiger partial charge is 0.304 e. The first-order chi connectivity index (χ1) is 8.60. The summed E-state index contributed by atoms with van der Waals surface area (Å²) in [7, 11) is 0. The number of aliphatic carboxylic acids is 1. The molecular formula is C11H12N2O3S2. The van der Waals surface area contributed by atoms with Crippen molar-refractivity contribution in [3.8, 4) is 0 Å². The molecule has 0 aromatic carbocycles. The maximum Gasteiger partial charge on any atom is 0.304 e. The van der Waals surface area contributed by atoms with Gasteiger partial charge in [0, 0.05) is 10.6 Å². The molecule has 0 saturated carbocycles. The van der Waals surface area contributed by atoms with E-state index in [1.165, 1.54) is 23.1 Å². The number of nitrogens with zero attached hydrogens (tertiary/aromatic N) is 1. The Kier molecular flexibility index (Phi) is 4.03. The number of carboxylic acids is 1. The lowest BCUT2D eigenvalue weighted by molar-refractivity contribution is -0.136. The Hall–Kier alpha value is -1.34. The first-order valence-corrected chi connectivity index (χ1v) is 7.27. The van der Waals surface area contributed by atoms with Gasteiger partial charge in [0.15, 0.2) is 5.16 Å². The Morgan fingerprint density at radius 3 is 3.06 bits per heavy atom. The van der Waals surface area contributed by atoms with E-state index in [1.807, 2.05) is 13.0 Å². The summed E-state index contributed by atoms with van der Waals surface area (Å²) in [4.78, 5) is 31.1. The van der Waals surface area contributed by atoms with Gasteiger partial charge in [0.2, 0.25) is 0 Å². The minimum absolute atomic E-state index is 0.0526. The molecule has 0 unspecified atom stereocenters. The Labute approximate surface area is 111 Å². The van der Waals surface area contributed by atoms with Gasteiger partial charge in [-0.2, -0.15) is 0 Å². The van der Waals surface area contributed by atoms with Crippen LogP contribution in [0.3, 0.4) is 0 Å². The van der Waals surface area contributed by atoms with E-state index >= 15 is 0 Å². The maximum atomic E-state index is 11.8. The minimum atomic E-state index is -0.852. The van der Waals surface area contributed by atoms with Crippen LogP contribution in [0.1, 0.15) is 18.2 Å². The Balaban J connectivity index is 2.25. The summed E-state index contributed by atoms with van der Waals surface area (Å²) in [6.07, 6.45) is 0.930. The summed E-state index contributed by atoms with van der Waals surface area (Å²) in [5.74, 6) is -0.453. The van der Waals surface area contributed by atoms with Crippen molar-refractivity contribution in [2.24, 2.45) is 0 Å². The molecule has 0 aliphatic carbocycles. The number of hydrogen-bond donors (Lipinski definition) is 2. The van der Waals surface area contributed by atoms with Gasteiger partial charge in [-0.15, -0.1) is 11.3 Å². The van der Waals surface area contributed by atoms with Gasteiger partial charge in [-0.05, 0) is 12.5 Å². The number of carboxylic acid groups (broad SMARTS) is 1. The lowest BCUT2D eigenvalue weighted by Crippen LogP contribution is -2.08. The van der Waals surface area contributed by atoms with Crippen molar-refractivity contribution in [2.45, 2.75) is 24.9 Å². The van der Waals surface area contributed by atoms with Gasteiger partial charge in [-0.3, -0.25) is 9.59 Å². The number of thioether (sulfide) groups is 1. The lowest BCUT2D eigenvalue weighted by atomic mass is 10.3. The maximum absolute atomic E-state index is 11.8. The highest BCUT2D eigenvalue weighted by atomic mass is 32.2. The Morgan fingerprint density at radius 1 is 1.61 bits per heavy atom. The fraction of sp³-hybridized carbons (Fsp3) is 0.364. The summed E-state index contributed by atoms with van der Waals surface area (Å²) in [5, 5.41) is 9.64. The topological polar surface area (TPSA) is 83.0 Å². The highest BCUT2D eigenvalue weighted by Crippen LogP contribution is 2.23. The van der Waals surface area contributed by atoms with Crippen molar-refractivity contribution in [2.75, 3.05) is 5.75 Å². The molecule has 0 bridgehead atoms. The van der Waals surface area contributed by atoms with Crippen LogP contribution in [-0.2, 0) is 11.2 Å². The zero-order valence-electron chi connectivity index (χ0n) is 9.73. The molecule has 0 aliphatic heterocycles. The van der Waals surface area contributed by atoms with Crippen molar-refractivity contribution >= 4 is 39.3 Å². The molecule has 0 saturated heterocycles. The highest BCUT2D eigenvalue weighted by molar-refractivity contribution is 7.99. The first kappa shape index (κ1) is 13.1. The summed E-state index contributed by atoms with van der Waals surface area (Å²) >= 11 is 2.76. The number of aromatic amines is 1. The monoisotopic (exact) mass is 284 g/mol. The van der Waals surface area contributed by atoms with Crippen LogP contribution in [0.5, 0.6) is 0 Å². The van der Waals surface area contributed by atoms with Gasteiger partial charge >= 0.3 is 5.97 Å². The van der Waals surface area contributed by atoms with Crippen LogP contribution in [0.25, 0.3) is 10.2 Å². The third-order valence-corrected chi connectivity index (χ3v) is 4.38. The van der Waals surface area contributed by atoms with Crippen LogP contribution >= 0.6 is 23.1 Å². The average molecular weight is 284 g/mol. The van der Waals surface area contributed by atoms with Crippen molar-refractivity contribution in [1.82, 2.24) is 9.97 Å². The van der Waals surface area contributed by atoms with Crippen molar-refractivity contribution in [3.05, 3.63) is 21.3 Å². The van der Waals surface area contributed by atoms with E-state index in [2.05, 4.69) is 9.97 Å². The molecule has 0 fully saturated rings. The molecule has 0 atom stereocenters. The van der Waals surface area contributed by atoms with Crippen molar-refractivity contribution in [1.29, 1.82) is 0 Å². The quantitative estimate of drug-likeness (QED) is 0.649. The van der Waals surface area contributed by atoms with E-state index < -0.39 is 5.97 Å². The van der Waals surface area contributed by atoms with Crippen LogP contribution in [0.15, 0.2) is 16.0 Å². The van der Waals surface area contributed by atoms with Crippen LogP contribution in [0.4, 0.5) is 0 Å². The molecule has 7 heteroatoms. The number of nitrogens with one attached hydrogen (secondary N) is 1. The number of aryl methyl sites for hydroxylation is 1. The lowest BCUT2D eigenvalue weighted by Gasteiger charge is -1.98. The molecule has 2 aromatic heterocycles. The predicted molar refractivity (Wildman–Crippen MR) is 72.6 cm³/mol. The largest absolute Gasteiger partial charge is 0.481 e. The van der Waals surface area contributed by atoms with Gasteiger partial charge in [0.05, 0.1) is 11.8 Å². The van der Waals surface area contributed by atoms with Gasteiger partial charge in [-0.1, -0.05) is 18.7 Å². The summed E-state index contributed by atoms with van der Waals surface area (Å²) in [5.41, 5.74) is -0.159. The SMILES string of the molecule is CCc1cc2c(=O)[nH]c(SCCC(=O)O)nc2s1. The molecule has 0 amide bonds. The second-order valence-electron chi connectivity index (χ2n) is 3.65. The second-order valence-corrected chi connectivity index (χ2v) is 5.85. The average Bonchev–Trinajstić information content (AvgIpc) is 2.72. The molecule has 0 radical (unpaired) electrons. The predicted octanol–water partition coefficient (Wildman–Crippen LogP) is 2.11. The summed E-state index contributed by atoms with van der Waals surface area (Å²) in [6, 6.07) is 1.86. The van der Waals surface area contributed by atoms with Crippen molar-refractivity contribution in [3.63, 3.8) is 0 Å². The fourth-order valence-electron chi connectivity index (χ4n) is 1.44. The molecule has 2 rings (SSSR count). The number of hydrogen-bond acceptors (Lipinski definition) is 5. The van der Waals surface area contributed by atoms with E-state index in [0.29, 0.717) is 21.1 Å². The minimum Gasteiger partial charge on any atom is -0.481 e. The number of rotatable bonds is 5. The molecular weight excluding hydrogens is 272 g/mol. The number of H-pyrrole nitrogens is 1. The second kappa shape index (κ2) is 5.53. The number of thiophene rings is 1. The molecule has 2 aromatic rings. The Morgan fingerprint density at radius 2 is 2.39 bits per heavy atom. The molecule has 0 spiro atoms. The molecule has 2 heterocycles. The van der Waals surface area contributed by atoms with Crippen LogP contribution < -0.4 is 5.56 Å². The third-order valence-electron chi connectivity index (χ3n) is 2.33. The Bertz CT molecular complexity index is 633. The zero-order valence-corrected chi connectivity index (χ0v) is 11.4. The van der Waals surface area contributed by atoms with E-state index in [1.54, 1.807) is 0 Å². The first-order valence-electron chi connectivity index (χ1n) is 5.47. The number of carbonyl (C=O) groups is 1. The van der Waals surface area contributed by atoms with Gasteiger partial charge < -0.3 is 10.1 Å². The van der Waals surface area contributed by atoms with Gasteiger partial charge in [-0.25, -0.2) is 4.98 Å². The van der Waals surface area contributed by atoms with Gasteiger partial charge in [0.1, 0.15) is 4.83 Å². The third kappa shape index (κ3) is 2.91. The fourth-order valence-corrected chi connectivity index (χ4v) is 3.26. The van der Waals surface area contributed by atoms with Crippen LogP contribution in [0.2, 0.25) is 0 Å². The van der Waals surface area contributed by atoms with Crippen LogP contribution in [0, 0.1) is 0 Å². The standard InChI is InChI=1S/C11H12N2O3S2/c1-2-6-5-7-9(16)12-11(13-10(7)18-6)17-4-3-8(14)15/h5H,2-4H2,1H3,(H,14,15)(H,12,13,16). The molecule has 5 nitrogen and oxygen atoms in total. The molecule has 2 N–H and O–H groups in total. The summed E-state index contributed by atoms with van der Waals surface area (Å²) < 4.78 is 0. The molecule has 0 aliphatic rings. The number of fused-ring (bicyclic) bond motifs is 1.